The summed E-state index contributed by atoms with van der Waals surface area (Å²) in [5.74, 6) is 1.06. The Bertz CT molecular complexity index is 322. The van der Waals surface area contributed by atoms with Crippen LogP contribution in [0.2, 0.25) is 0 Å². The third kappa shape index (κ3) is 7.72. The van der Waals surface area contributed by atoms with Crippen molar-refractivity contribution in [2.75, 3.05) is 6.61 Å². The van der Waals surface area contributed by atoms with Gasteiger partial charge in [-0.05, 0) is 33.1 Å². The zero-order valence-electron chi connectivity index (χ0n) is 17.1. The largest absolute Gasteiger partial charge is 0.478 e. The highest BCUT2D eigenvalue weighted by molar-refractivity contribution is 5.84. The van der Waals surface area contributed by atoms with E-state index in [0.29, 0.717) is 0 Å². The molecule has 1 aliphatic rings. The molecule has 1 rings (SSSR count). The quantitative estimate of drug-likeness (QED) is 0.369. The van der Waals surface area contributed by atoms with E-state index in [1.807, 2.05) is 13.8 Å². The van der Waals surface area contributed by atoms with Crippen molar-refractivity contribution in [1.29, 1.82) is 0 Å². The average molecular weight is 326 g/mol. The summed E-state index contributed by atoms with van der Waals surface area (Å²) in [6.07, 6.45) is 13.0. The van der Waals surface area contributed by atoms with Crippen LogP contribution in [0.5, 0.6) is 0 Å². The van der Waals surface area contributed by atoms with Crippen LogP contribution in [0.3, 0.4) is 0 Å². The Balaban J connectivity index is 0.00000232. The number of rotatable bonds is 11. The molecule has 0 bridgehead atoms. The van der Waals surface area contributed by atoms with Crippen molar-refractivity contribution in [3.8, 4) is 0 Å². The van der Waals surface area contributed by atoms with Gasteiger partial charge in [-0.1, -0.05) is 79.6 Å². The number of aliphatic imine (C=N–C) groups is 1. The second kappa shape index (κ2) is 11.9. The molecule has 0 aromatic rings. The molecule has 0 radical (unpaired) electrons. The first-order valence-electron chi connectivity index (χ1n) is 10.2. The van der Waals surface area contributed by atoms with Gasteiger partial charge in [-0.15, -0.1) is 0 Å². The van der Waals surface area contributed by atoms with Crippen LogP contribution in [0.25, 0.3) is 0 Å². The van der Waals surface area contributed by atoms with Crippen LogP contribution in [0.1, 0.15) is 113 Å². The Kier molecular flexibility index (Phi) is 11.6. The molecule has 0 saturated carbocycles. The third-order valence-electron chi connectivity index (χ3n) is 4.83. The van der Waals surface area contributed by atoms with Gasteiger partial charge in [-0.3, -0.25) is 0 Å². The fourth-order valence-electron chi connectivity index (χ4n) is 3.42. The van der Waals surface area contributed by atoms with Gasteiger partial charge in [0.15, 0.2) is 5.90 Å². The van der Waals surface area contributed by atoms with Crippen molar-refractivity contribution in [1.82, 2.24) is 0 Å². The molecule has 2 nitrogen and oxygen atoms in total. The monoisotopic (exact) mass is 325 g/mol. The van der Waals surface area contributed by atoms with E-state index in [2.05, 4.69) is 34.6 Å². The van der Waals surface area contributed by atoms with Crippen molar-refractivity contribution in [3.05, 3.63) is 0 Å². The topological polar surface area (TPSA) is 21.6 Å². The Morgan fingerprint density at radius 3 is 2.00 bits per heavy atom. The van der Waals surface area contributed by atoms with Gasteiger partial charge in [0.05, 0.1) is 5.54 Å². The summed E-state index contributed by atoms with van der Waals surface area (Å²) in [6, 6.07) is 0. The van der Waals surface area contributed by atoms with E-state index in [9.17, 15) is 0 Å². The number of hydrogen-bond donors (Lipinski definition) is 0. The van der Waals surface area contributed by atoms with Crippen LogP contribution in [0.4, 0.5) is 0 Å². The van der Waals surface area contributed by atoms with Crippen molar-refractivity contribution in [2.24, 2.45) is 10.4 Å². The maximum atomic E-state index is 6.02. The summed E-state index contributed by atoms with van der Waals surface area (Å²) in [5.41, 5.74) is 0.178. The van der Waals surface area contributed by atoms with Gasteiger partial charge in [0.2, 0.25) is 0 Å². The number of nitrogens with zero attached hydrogens (tertiary/aromatic N) is 1. The molecular weight excluding hydrogens is 282 g/mol. The van der Waals surface area contributed by atoms with Crippen LogP contribution in [-0.4, -0.2) is 18.0 Å². The fourth-order valence-corrected chi connectivity index (χ4v) is 3.42. The zero-order valence-corrected chi connectivity index (χ0v) is 17.1. The Hall–Kier alpha value is -0.530. The molecule has 138 valence electrons. The van der Waals surface area contributed by atoms with Crippen molar-refractivity contribution in [3.63, 3.8) is 0 Å². The summed E-state index contributed by atoms with van der Waals surface area (Å²) in [6.45, 7) is 16.0. The lowest BCUT2D eigenvalue weighted by Crippen LogP contribution is -2.31. The molecule has 0 aliphatic carbocycles. The maximum absolute atomic E-state index is 6.02. The SMILES string of the molecule is CC.CCCCCCCCC(CC)(CCC)C1=NC(C)(C)CO1. The second-order valence-corrected chi connectivity index (χ2v) is 7.42. The van der Waals surface area contributed by atoms with Gasteiger partial charge in [-0.2, -0.15) is 0 Å². The molecule has 0 fully saturated rings. The lowest BCUT2D eigenvalue weighted by atomic mass is 9.76. The Morgan fingerprint density at radius 1 is 0.913 bits per heavy atom. The number of hydrogen-bond acceptors (Lipinski definition) is 2. The van der Waals surface area contributed by atoms with E-state index >= 15 is 0 Å². The molecule has 23 heavy (non-hydrogen) atoms. The average Bonchev–Trinajstić information content (AvgIpc) is 2.92. The smallest absolute Gasteiger partial charge is 0.190 e. The fraction of sp³-hybridized carbons (Fsp3) is 0.952. The molecule has 1 heterocycles. The zero-order chi connectivity index (χ0) is 17.8. The summed E-state index contributed by atoms with van der Waals surface area (Å²) in [5, 5.41) is 0. The summed E-state index contributed by atoms with van der Waals surface area (Å²) in [4.78, 5) is 4.91. The molecular formula is C21H43NO. The van der Waals surface area contributed by atoms with E-state index in [1.165, 1.54) is 57.8 Å². The number of unbranched alkanes of at least 4 members (excludes halogenated alkanes) is 5. The first-order valence-corrected chi connectivity index (χ1v) is 10.2. The van der Waals surface area contributed by atoms with Crippen molar-refractivity contribution < 1.29 is 4.74 Å². The third-order valence-corrected chi connectivity index (χ3v) is 4.83. The van der Waals surface area contributed by atoms with Crippen LogP contribution in [0.15, 0.2) is 4.99 Å². The van der Waals surface area contributed by atoms with Crippen LogP contribution in [0, 0.1) is 5.41 Å². The highest BCUT2D eigenvalue weighted by Crippen LogP contribution is 2.39. The van der Waals surface area contributed by atoms with Crippen LogP contribution in [-0.2, 0) is 4.74 Å². The van der Waals surface area contributed by atoms with Gasteiger partial charge in [0, 0.05) is 5.41 Å². The summed E-state index contributed by atoms with van der Waals surface area (Å²) >= 11 is 0. The molecule has 0 N–H and O–H groups in total. The normalized spacial score (nSPS) is 18.5. The number of ether oxygens (including phenoxy) is 1. The molecule has 1 unspecified atom stereocenters. The van der Waals surface area contributed by atoms with Crippen molar-refractivity contribution >= 4 is 5.90 Å². The van der Waals surface area contributed by atoms with Crippen LogP contribution >= 0.6 is 0 Å². The van der Waals surface area contributed by atoms with Crippen LogP contribution < -0.4 is 0 Å². The molecule has 0 aromatic heterocycles. The van der Waals surface area contributed by atoms with Gasteiger partial charge in [0.25, 0.3) is 0 Å². The molecule has 0 spiro atoms. The van der Waals surface area contributed by atoms with E-state index < -0.39 is 0 Å². The summed E-state index contributed by atoms with van der Waals surface area (Å²) in [7, 11) is 0. The molecule has 0 saturated heterocycles. The first kappa shape index (κ1) is 22.5. The van der Waals surface area contributed by atoms with Gasteiger partial charge >= 0.3 is 0 Å². The van der Waals surface area contributed by atoms with E-state index in [-0.39, 0.29) is 11.0 Å². The molecule has 2 heteroatoms. The Labute approximate surface area is 146 Å². The van der Waals surface area contributed by atoms with Gasteiger partial charge in [0.1, 0.15) is 6.61 Å². The summed E-state index contributed by atoms with van der Waals surface area (Å²) < 4.78 is 6.02. The predicted octanol–water partition coefficient (Wildman–Crippen LogP) is 7.17. The molecule has 1 aliphatic heterocycles. The second-order valence-electron chi connectivity index (χ2n) is 7.42. The minimum atomic E-state index is -0.0232. The van der Waals surface area contributed by atoms with Crippen molar-refractivity contribution in [2.45, 2.75) is 118 Å². The van der Waals surface area contributed by atoms with E-state index in [0.717, 1.165) is 18.9 Å². The predicted molar refractivity (Wildman–Crippen MR) is 104 cm³/mol. The highest BCUT2D eigenvalue weighted by Gasteiger charge is 2.40. The minimum absolute atomic E-state index is 0.0232. The molecule has 0 amide bonds. The first-order chi connectivity index (χ1) is 11.0. The van der Waals surface area contributed by atoms with E-state index in [1.54, 1.807) is 0 Å². The van der Waals surface area contributed by atoms with Gasteiger partial charge < -0.3 is 4.74 Å². The highest BCUT2D eigenvalue weighted by atomic mass is 16.5. The molecule has 0 aromatic carbocycles. The minimum Gasteiger partial charge on any atom is -0.478 e. The standard InChI is InChI=1S/C19H37NO.C2H6/c1-6-9-10-11-12-13-15-19(8-3,14-7-2)17-20-18(4,5)16-21-17;1-2/h6-16H2,1-5H3;1-2H3. The lowest BCUT2D eigenvalue weighted by Gasteiger charge is -2.32. The van der Waals surface area contributed by atoms with E-state index in [4.69, 9.17) is 9.73 Å². The van der Waals surface area contributed by atoms with Gasteiger partial charge in [-0.25, -0.2) is 4.99 Å². The maximum Gasteiger partial charge on any atom is 0.190 e. The lowest BCUT2D eigenvalue weighted by molar-refractivity contribution is 0.215. The Morgan fingerprint density at radius 2 is 1.52 bits per heavy atom. The molecule has 1 atom stereocenters.